The van der Waals surface area contributed by atoms with Crippen molar-refractivity contribution in [2.45, 2.75) is 31.7 Å². The monoisotopic (exact) mass is 303 g/mol. The summed E-state index contributed by atoms with van der Waals surface area (Å²) >= 11 is 0. The highest BCUT2D eigenvalue weighted by Crippen LogP contribution is 2.30. The first-order chi connectivity index (χ1) is 10.8. The Labute approximate surface area is 130 Å². The van der Waals surface area contributed by atoms with E-state index < -0.39 is 0 Å². The SMILES string of the molecule is Fc1ccccc1OCCN1CCCCCC1c1ccco1. The Hall–Kier alpha value is -1.81. The average molecular weight is 303 g/mol. The number of furan rings is 1. The fourth-order valence-corrected chi connectivity index (χ4v) is 3.07. The highest BCUT2D eigenvalue weighted by atomic mass is 19.1. The van der Waals surface area contributed by atoms with Gasteiger partial charge in [0.1, 0.15) is 12.4 Å². The lowest BCUT2D eigenvalue weighted by molar-refractivity contribution is 0.144. The molecule has 0 N–H and O–H groups in total. The van der Waals surface area contributed by atoms with Crippen LogP contribution in [-0.4, -0.2) is 24.6 Å². The maximum atomic E-state index is 13.6. The second-order valence-corrected chi connectivity index (χ2v) is 5.70. The second-order valence-electron chi connectivity index (χ2n) is 5.70. The van der Waals surface area contributed by atoms with Crippen LogP contribution in [0.2, 0.25) is 0 Å². The molecule has 1 saturated heterocycles. The Morgan fingerprint density at radius 1 is 1.14 bits per heavy atom. The van der Waals surface area contributed by atoms with Gasteiger partial charge in [0.05, 0.1) is 12.3 Å². The zero-order chi connectivity index (χ0) is 15.2. The topological polar surface area (TPSA) is 25.6 Å². The number of likely N-dealkylation sites (tertiary alicyclic amines) is 1. The lowest BCUT2D eigenvalue weighted by Gasteiger charge is -2.28. The van der Waals surface area contributed by atoms with Crippen molar-refractivity contribution in [1.82, 2.24) is 4.90 Å². The molecule has 1 aliphatic rings. The molecule has 22 heavy (non-hydrogen) atoms. The van der Waals surface area contributed by atoms with Crippen LogP contribution in [0.5, 0.6) is 5.75 Å². The second kappa shape index (κ2) is 7.45. The van der Waals surface area contributed by atoms with E-state index in [1.54, 1.807) is 24.5 Å². The Balaban J connectivity index is 1.60. The van der Waals surface area contributed by atoms with Gasteiger partial charge in [0, 0.05) is 6.54 Å². The summed E-state index contributed by atoms with van der Waals surface area (Å²) in [6, 6.07) is 10.8. The van der Waals surface area contributed by atoms with Crippen LogP contribution >= 0.6 is 0 Å². The first kappa shape index (κ1) is 15.1. The number of benzene rings is 1. The largest absolute Gasteiger partial charge is 0.489 e. The van der Waals surface area contributed by atoms with Crippen molar-refractivity contribution in [3.8, 4) is 5.75 Å². The molecule has 0 radical (unpaired) electrons. The van der Waals surface area contributed by atoms with E-state index in [1.807, 2.05) is 12.1 Å². The number of hydrogen-bond acceptors (Lipinski definition) is 3. The van der Waals surface area contributed by atoms with Gasteiger partial charge in [-0.3, -0.25) is 4.90 Å². The molecule has 0 amide bonds. The summed E-state index contributed by atoms with van der Waals surface area (Å²) in [6.07, 6.45) is 6.50. The summed E-state index contributed by atoms with van der Waals surface area (Å²) < 4.78 is 24.8. The standard InChI is InChI=1S/C18H22FNO2/c19-15-7-3-4-9-17(15)22-14-12-20-11-5-1-2-8-16(20)18-10-6-13-21-18/h3-4,6-7,9-10,13,16H,1-2,5,8,11-12,14H2. The van der Waals surface area contributed by atoms with Gasteiger partial charge in [0.15, 0.2) is 11.6 Å². The molecular formula is C18H22FNO2. The minimum Gasteiger partial charge on any atom is -0.489 e. The van der Waals surface area contributed by atoms with Crippen molar-refractivity contribution < 1.29 is 13.5 Å². The average Bonchev–Trinajstić information content (AvgIpc) is 2.96. The summed E-state index contributed by atoms with van der Waals surface area (Å²) in [6.45, 7) is 2.30. The molecule has 3 nitrogen and oxygen atoms in total. The Morgan fingerprint density at radius 2 is 2.05 bits per heavy atom. The van der Waals surface area contributed by atoms with Crippen LogP contribution < -0.4 is 4.74 Å². The molecule has 1 aromatic heterocycles. The molecule has 118 valence electrons. The molecule has 0 spiro atoms. The van der Waals surface area contributed by atoms with E-state index in [0.29, 0.717) is 18.4 Å². The van der Waals surface area contributed by atoms with Gasteiger partial charge in [-0.25, -0.2) is 4.39 Å². The molecule has 1 unspecified atom stereocenters. The van der Waals surface area contributed by atoms with Gasteiger partial charge < -0.3 is 9.15 Å². The summed E-state index contributed by atoms with van der Waals surface area (Å²) in [7, 11) is 0. The molecule has 0 aliphatic carbocycles. The van der Waals surface area contributed by atoms with Gasteiger partial charge in [-0.1, -0.05) is 25.0 Å². The quantitative estimate of drug-likeness (QED) is 0.818. The molecule has 0 saturated carbocycles. The van der Waals surface area contributed by atoms with Gasteiger partial charge >= 0.3 is 0 Å². The molecule has 4 heteroatoms. The number of ether oxygens (including phenoxy) is 1. The number of para-hydroxylation sites is 1. The van der Waals surface area contributed by atoms with Crippen LogP contribution in [0.1, 0.15) is 37.5 Å². The van der Waals surface area contributed by atoms with Crippen molar-refractivity contribution in [2.24, 2.45) is 0 Å². The van der Waals surface area contributed by atoms with Gasteiger partial charge in [0.25, 0.3) is 0 Å². The van der Waals surface area contributed by atoms with E-state index in [0.717, 1.165) is 25.3 Å². The Kier molecular flexibility index (Phi) is 5.11. The fourth-order valence-electron chi connectivity index (χ4n) is 3.07. The number of halogens is 1. The molecule has 2 aromatic rings. The molecule has 1 atom stereocenters. The van der Waals surface area contributed by atoms with Crippen LogP contribution in [0.15, 0.2) is 47.1 Å². The smallest absolute Gasteiger partial charge is 0.165 e. The molecular weight excluding hydrogens is 281 g/mol. The van der Waals surface area contributed by atoms with Crippen molar-refractivity contribution >= 4 is 0 Å². The Bertz CT molecular complexity index is 570. The van der Waals surface area contributed by atoms with Crippen LogP contribution in [-0.2, 0) is 0 Å². The van der Waals surface area contributed by atoms with Crippen LogP contribution in [0.3, 0.4) is 0 Å². The third-order valence-corrected chi connectivity index (χ3v) is 4.21. The van der Waals surface area contributed by atoms with E-state index >= 15 is 0 Å². The highest BCUT2D eigenvalue weighted by molar-refractivity contribution is 5.23. The molecule has 1 aromatic carbocycles. The van der Waals surface area contributed by atoms with Gasteiger partial charge in [-0.15, -0.1) is 0 Å². The van der Waals surface area contributed by atoms with Gasteiger partial charge in [-0.2, -0.15) is 0 Å². The van der Waals surface area contributed by atoms with E-state index in [4.69, 9.17) is 9.15 Å². The molecule has 0 bridgehead atoms. The van der Waals surface area contributed by atoms with Crippen LogP contribution in [0, 0.1) is 5.82 Å². The summed E-state index contributed by atoms with van der Waals surface area (Å²) in [5.74, 6) is 1.04. The minimum absolute atomic E-state index is 0.305. The van der Waals surface area contributed by atoms with Crippen molar-refractivity contribution in [1.29, 1.82) is 0 Å². The van der Waals surface area contributed by atoms with E-state index in [2.05, 4.69) is 4.90 Å². The van der Waals surface area contributed by atoms with Crippen LogP contribution in [0.25, 0.3) is 0 Å². The first-order valence-corrected chi connectivity index (χ1v) is 7.99. The fraction of sp³-hybridized carbons (Fsp3) is 0.444. The molecule has 1 aliphatic heterocycles. The lowest BCUT2D eigenvalue weighted by Crippen LogP contribution is -2.32. The zero-order valence-corrected chi connectivity index (χ0v) is 12.7. The molecule has 1 fully saturated rings. The number of hydrogen-bond donors (Lipinski definition) is 0. The summed E-state index contributed by atoms with van der Waals surface area (Å²) in [5, 5.41) is 0. The van der Waals surface area contributed by atoms with Crippen molar-refractivity contribution in [3.63, 3.8) is 0 Å². The maximum absolute atomic E-state index is 13.6. The van der Waals surface area contributed by atoms with E-state index in [-0.39, 0.29) is 5.82 Å². The third kappa shape index (κ3) is 3.69. The molecule has 3 rings (SSSR count). The Morgan fingerprint density at radius 3 is 2.86 bits per heavy atom. The van der Waals surface area contributed by atoms with Crippen molar-refractivity contribution in [3.05, 3.63) is 54.2 Å². The lowest BCUT2D eigenvalue weighted by atomic mass is 10.1. The van der Waals surface area contributed by atoms with E-state index in [1.165, 1.54) is 25.3 Å². The zero-order valence-electron chi connectivity index (χ0n) is 12.7. The predicted molar refractivity (Wildman–Crippen MR) is 83.4 cm³/mol. The van der Waals surface area contributed by atoms with Gasteiger partial charge in [-0.05, 0) is 43.7 Å². The highest BCUT2D eigenvalue weighted by Gasteiger charge is 2.24. The van der Waals surface area contributed by atoms with Gasteiger partial charge in [0.2, 0.25) is 0 Å². The number of nitrogens with zero attached hydrogens (tertiary/aromatic N) is 1. The number of rotatable bonds is 5. The maximum Gasteiger partial charge on any atom is 0.165 e. The molecule has 2 heterocycles. The third-order valence-electron chi connectivity index (χ3n) is 4.21. The first-order valence-electron chi connectivity index (χ1n) is 7.99. The summed E-state index contributed by atoms with van der Waals surface area (Å²) in [5.41, 5.74) is 0. The predicted octanol–water partition coefficient (Wildman–Crippen LogP) is 4.41. The van der Waals surface area contributed by atoms with Crippen molar-refractivity contribution in [2.75, 3.05) is 19.7 Å². The minimum atomic E-state index is -0.305. The summed E-state index contributed by atoms with van der Waals surface area (Å²) in [4.78, 5) is 2.40. The normalized spacial score (nSPS) is 19.8. The van der Waals surface area contributed by atoms with Crippen LogP contribution in [0.4, 0.5) is 4.39 Å². The van der Waals surface area contributed by atoms with E-state index in [9.17, 15) is 4.39 Å².